The summed E-state index contributed by atoms with van der Waals surface area (Å²) in [6.45, 7) is 0.159. The van der Waals surface area contributed by atoms with Crippen LogP contribution in [0, 0.1) is 11.8 Å². The minimum absolute atomic E-state index is 0.159. The van der Waals surface area contributed by atoms with Crippen LogP contribution in [0.3, 0.4) is 0 Å². The molecular formula is C23H18N4O4S2. The average molecular weight is 479 g/mol. The third-order valence-corrected chi connectivity index (χ3v) is 7.68. The van der Waals surface area contributed by atoms with Gasteiger partial charge in [0.25, 0.3) is 0 Å². The van der Waals surface area contributed by atoms with Crippen molar-refractivity contribution in [2.45, 2.75) is 24.9 Å². The minimum Gasteiger partial charge on any atom is -0.481 e. The van der Waals surface area contributed by atoms with Gasteiger partial charge in [0, 0.05) is 11.9 Å². The number of ether oxygens (including phenoxy) is 1. The number of thiophene rings is 1. The summed E-state index contributed by atoms with van der Waals surface area (Å²) >= 11 is 2.84. The van der Waals surface area contributed by atoms with Gasteiger partial charge in [-0.15, -0.1) is 22.7 Å². The molecule has 1 aliphatic carbocycles. The molecule has 8 nitrogen and oxygen atoms in total. The van der Waals surface area contributed by atoms with Crippen LogP contribution in [0.5, 0.6) is 0 Å². The smallest absolute Gasteiger partial charge is 0.413 e. The van der Waals surface area contributed by atoms with Crippen molar-refractivity contribution in [3.8, 4) is 11.8 Å². The number of carbonyl (C=O) groups is 2. The monoisotopic (exact) mass is 478 g/mol. The molecule has 166 valence electrons. The maximum atomic E-state index is 12.2. The fourth-order valence-corrected chi connectivity index (χ4v) is 5.68. The minimum atomic E-state index is -0.768. The van der Waals surface area contributed by atoms with E-state index in [1.165, 1.54) is 27.4 Å². The maximum Gasteiger partial charge on any atom is 0.413 e. The van der Waals surface area contributed by atoms with Gasteiger partial charge in [-0.2, -0.15) is 5.10 Å². The van der Waals surface area contributed by atoms with E-state index in [1.807, 2.05) is 36.4 Å². The molecule has 33 heavy (non-hydrogen) atoms. The van der Waals surface area contributed by atoms with Crippen molar-refractivity contribution >= 4 is 50.1 Å². The first-order valence-electron chi connectivity index (χ1n) is 10.1. The summed E-state index contributed by atoms with van der Waals surface area (Å²) in [5, 5.41) is 17.0. The van der Waals surface area contributed by atoms with Crippen LogP contribution in [0.25, 0.3) is 9.53 Å². The Bertz CT molecular complexity index is 1390. The van der Waals surface area contributed by atoms with E-state index in [2.05, 4.69) is 27.2 Å². The summed E-state index contributed by atoms with van der Waals surface area (Å²) < 4.78 is 7.72. The fraction of sp³-hybridized carbons (Fsp3) is 0.217. The molecule has 1 aromatic carbocycles. The number of thiazole rings is 1. The van der Waals surface area contributed by atoms with Crippen molar-refractivity contribution in [3.63, 3.8) is 0 Å². The average Bonchev–Trinajstić information content (AvgIpc) is 3.24. The molecule has 0 spiro atoms. The summed E-state index contributed by atoms with van der Waals surface area (Å²) in [5.41, 5.74) is 0.708. The molecule has 0 unspecified atom stereocenters. The third-order valence-electron chi connectivity index (χ3n) is 5.40. The number of nitrogens with zero attached hydrogens (tertiary/aromatic N) is 3. The number of fused-ring (bicyclic) bond motifs is 1. The van der Waals surface area contributed by atoms with Gasteiger partial charge < -0.3 is 9.84 Å². The number of aryl methyl sites for hydroxylation is 1. The number of hydrogen-bond acceptors (Lipinski definition) is 7. The van der Waals surface area contributed by atoms with Gasteiger partial charge in [-0.1, -0.05) is 36.3 Å². The van der Waals surface area contributed by atoms with E-state index in [9.17, 15) is 14.7 Å². The first kappa shape index (κ1) is 21.2. The zero-order valence-corrected chi connectivity index (χ0v) is 19.1. The number of benzene rings is 1. The molecule has 0 bridgehead atoms. The molecule has 1 aliphatic rings. The molecule has 1 amide bonds. The number of aliphatic carboxylic acids is 1. The largest absolute Gasteiger partial charge is 0.481 e. The van der Waals surface area contributed by atoms with Gasteiger partial charge in [0.15, 0.2) is 5.01 Å². The van der Waals surface area contributed by atoms with Gasteiger partial charge >= 0.3 is 12.1 Å². The number of nitrogens with one attached hydrogen (secondary N) is 1. The van der Waals surface area contributed by atoms with Gasteiger partial charge in [0.05, 0.1) is 16.5 Å². The zero-order valence-electron chi connectivity index (χ0n) is 17.5. The highest BCUT2D eigenvalue weighted by atomic mass is 32.1. The number of carboxylic acids is 1. The van der Waals surface area contributed by atoms with E-state index in [-0.39, 0.29) is 6.61 Å². The number of carboxylic acid groups (broad SMARTS) is 1. The third kappa shape index (κ3) is 4.20. The highest BCUT2D eigenvalue weighted by molar-refractivity contribution is 7.27. The first-order chi connectivity index (χ1) is 15.9. The summed E-state index contributed by atoms with van der Waals surface area (Å²) in [7, 11) is 1.70. The van der Waals surface area contributed by atoms with Crippen LogP contribution in [-0.2, 0) is 28.6 Å². The molecule has 3 aromatic heterocycles. The first-order valence-corrected chi connectivity index (χ1v) is 11.7. The summed E-state index contributed by atoms with van der Waals surface area (Å²) in [4.78, 5) is 30.0. The molecule has 4 aromatic rings. The number of carbonyl (C=O) groups excluding carboxylic acids is 1. The molecule has 0 aliphatic heterocycles. The molecular weight excluding hydrogens is 460 g/mol. The number of aromatic nitrogens is 3. The van der Waals surface area contributed by atoms with Gasteiger partial charge in [-0.05, 0) is 30.4 Å². The molecule has 10 heteroatoms. The second kappa shape index (κ2) is 8.35. The van der Waals surface area contributed by atoms with E-state index in [0.29, 0.717) is 29.2 Å². The SMILES string of the molecule is Cn1ncc(C#Cc2nc3sc(C4(C(=O)O)CC4)cc3s2)c1NC(=O)OCc1ccccc1. The van der Waals surface area contributed by atoms with E-state index >= 15 is 0 Å². The van der Waals surface area contributed by atoms with Gasteiger partial charge in [-0.3, -0.25) is 14.8 Å². The lowest BCUT2D eigenvalue weighted by Gasteiger charge is -2.07. The number of hydrogen-bond donors (Lipinski definition) is 2. The Morgan fingerprint density at radius 2 is 2.03 bits per heavy atom. The number of rotatable bonds is 5. The number of amides is 1. The van der Waals surface area contributed by atoms with Crippen LogP contribution in [0.15, 0.2) is 42.6 Å². The Morgan fingerprint density at radius 3 is 2.73 bits per heavy atom. The molecule has 3 heterocycles. The quantitative estimate of drug-likeness (QED) is 0.413. The van der Waals surface area contributed by atoms with Crippen LogP contribution in [0.2, 0.25) is 0 Å². The Labute approximate surface area is 196 Å². The lowest BCUT2D eigenvalue weighted by atomic mass is 10.1. The van der Waals surface area contributed by atoms with Crippen molar-refractivity contribution in [2.24, 2.45) is 7.05 Å². The molecule has 2 N–H and O–H groups in total. The topological polar surface area (TPSA) is 106 Å². The molecule has 5 rings (SSSR count). The zero-order chi connectivity index (χ0) is 23.0. The van der Waals surface area contributed by atoms with Gasteiger partial charge in [-0.25, -0.2) is 9.78 Å². The Balaban J connectivity index is 1.29. The van der Waals surface area contributed by atoms with Crippen LogP contribution < -0.4 is 5.32 Å². The van der Waals surface area contributed by atoms with Crippen molar-refractivity contribution in [1.82, 2.24) is 14.8 Å². The fourth-order valence-electron chi connectivity index (χ4n) is 3.37. The van der Waals surface area contributed by atoms with Gasteiger partial charge in [0.2, 0.25) is 0 Å². The molecule has 1 saturated carbocycles. The predicted molar refractivity (Wildman–Crippen MR) is 125 cm³/mol. The summed E-state index contributed by atoms with van der Waals surface area (Å²) in [5.74, 6) is 5.69. The van der Waals surface area contributed by atoms with Crippen LogP contribution in [0.4, 0.5) is 10.6 Å². The van der Waals surface area contributed by atoms with Crippen LogP contribution in [0.1, 0.15) is 33.9 Å². The normalized spacial score (nSPS) is 13.8. The molecule has 0 saturated heterocycles. The van der Waals surface area contributed by atoms with E-state index in [0.717, 1.165) is 20.0 Å². The Hall–Kier alpha value is -3.68. The second-order valence-corrected chi connectivity index (χ2v) is 9.71. The van der Waals surface area contributed by atoms with Crippen LogP contribution >= 0.6 is 22.7 Å². The highest BCUT2D eigenvalue weighted by Crippen LogP contribution is 2.52. The van der Waals surface area contributed by atoms with Crippen LogP contribution in [-0.4, -0.2) is 31.9 Å². The molecule has 0 radical (unpaired) electrons. The molecule has 1 fully saturated rings. The van der Waals surface area contributed by atoms with Gasteiger partial charge in [0.1, 0.15) is 22.7 Å². The standard InChI is InChI=1S/C23H18N4O4S2/c1-27-19(26-22(30)31-13-14-5-3-2-4-6-14)15(12-24-27)7-8-18-25-20-16(32-18)11-17(33-20)23(9-10-23)21(28)29/h2-6,11-12H,9-10,13H2,1H3,(H,26,30)(H,28,29). The van der Waals surface area contributed by atoms with E-state index in [1.54, 1.807) is 13.2 Å². The molecule has 0 atom stereocenters. The van der Waals surface area contributed by atoms with Crippen molar-refractivity contribution in [1.29, 1.82) is 0 Å². The van der Waals surface area contributed by atoms with Crippen molar-refractivity contribution in [3.05, 3.63) is 63.6 Å². The van der Waals surface area contributed by atoms with Crippen molar-refractivity contribution < 1.29 is 19.4 Å². The van der Waals surface area contributed by atoms with E-state index in [4.69, 9.17) is 4.74 Å². The summed E-state index contributed by atoms with van der Waals surface area (Å²) in [6, 6.07) is 11.3. The number of anilines is 1. The summed E-state index contributed by atoms with van der Waals surface area (Å²) in [6.07, 6.45) is 2.32. The lowest BCUT2D eigenvalue weighted by Crippen LogP contribution is -2.17. The highest BCUT2D eigenvalue weighted by Gasteiger charge is 2.53. The van der Waals surface area contributed by atoms with Crippen molar-refractivity contribution in [2.75, 3.05) is 5.32 Å². The lowest BCUT2D eigenvalue weighted by molar-refractivity contribution is -0.139. The predicted octanol–water partition coefficient (Wildman–Crippen LogP) is 4.36. The maximum absolute atomic E-state index is 12.2. The second-order valence-electron chi connectivity index (χ2n) is 7.65. The Kier molecular flexibility index (Phi) is 5.36. The van der Waals surface area contributed by atoms with E-state index < -0.39 is 17.5 Å². The Morgan fingerprint density at radius 1 is 1.24 bits per heavy atom.